The van der Waals surface area contributed by atoms with Gasteiger partial charge in [0.05, 0.1) is 24.1 Å². The van der Waals surface area contributed by atoms with Crippen LogP contribution >= 0.6 is 0 Å². The fraction of sp³-hybridized carbons (Fsp3) is 0.222. The van der Waals surface area contributed by atoms with Gasteiger partial charge in [0.25, 0.3) is 5.91 Å². The van der Waals surface area contributed by atoms with Crippen molar-refractivity contribution in [3.8, 4) is 5.75 Å². The maximum absolute atomic E-state index is 14.1. The van der Waals surface area contributed by atoms with Crippen molar-refractivity contribution < 1.29 is 13.9 Å². The zero-order valence-electron chi connectivity index (χ0n) is 12.9. The molecular formula is C18H16FN3O2. The summed E-state index contributed by atoms with van der Waals surface area (Å²) in [6.45, 7) is 0. The smallest absolute Gasteiger partial charge is 0.255 e. The van der Waals surface area contributed by atoms with Crippen LogP contribution in [0.3, 0.4) is 0 Å². The zero-order valence-corrected chi connectivity index (χ0v) is 12.9. The van der Waals surface area contributed by atoms with E-state index < -0.39 is 5.82 Å². The molecule has 0 spiro atoms. The van der Waals surface area contributed by atoms with E-state index in [1.165, 1.54) is 6.07 Å². The van der Waals surface area contributed by atoms with Gasteiger partial charge in [-0.15, -0.1) is 0 Å². The first-order valence-corrected chi connectivity index (χ1v) is 7.88. The van der Waals surface area contributed by atoms with Crippen LogP contribution in [0.2, 0.25) is 0 Å². The largest absolute Gasteiger partial charge is 0.487 e. The number of anilines is 1. The number of fused-ring (bicyclic) bond motifs is 1. The van der Waals surface area contributed by atoms with E-state index in [0.717, 1.165) is 24.8 Å². The topological polar surface area (TPSA) is 55.6 Å². The summed E-state index contributed by atoms with van der Waals surface area (Å²) in [5, 5.41) is 2.70. The fourth-order valence-electron chi connectivity index (χ4n) is 2.61. The van der Waals surface area contributed by atoms with Gasteiger partial charge in [0, 0.05) is 23.5 Å². The lowest BCUT2D eigenvalue weighted by Crippen LogP contribution is -2.25. The van der Waals surface area contributed by atoms with Gasteiger partial charge in [-0.2, -0.15) is 0 Å². The van der Waals surface area contributed by atoms with E-state index >= 15 is 0 Å². The average Bonchev–Trinajstić information content (AvgIpc) is 3.00. The number of imidazole rings is 1. The molecule has 5 nitrogen and oxygen atoms in total. The third-order valence-electron chi connectivity index (χ3n) is 4.21. The molecule has 1 amide bonds. The summed E-state index contributed by atoms with van der Waals surface area (Å²) in [6.07, 6.45) is 8.26. The second-order valence-corrected chi connectivity index (χ2v) is 5.91. The number of nitrogens with zero attached hydrogens (tertiary/aromatic N) is 2. The lowest BCUT2D eigenvalue weighted by Gasteiger charge is -2.26. The van der Waals surface area contributed by atoms with Crippen LogP contribution in [-0.4, -0.2) is 21.4 Å². The number of halogens is 1. The number of nitrogens with one attached hydrogen (secondary N) is 1. The van der Waals surface area contributed by atoms with E-state index in [1.807, 2.05) is 4.40 Å². The van der Waals surface area contributed by atoms with Crippen LogP contribution in [0, 0.1) is 5.82 Å². The zero-order chi connectivity index (χ0) is 16.5. The number of rotatable bonds is 4. The van der Waals surface area contributed by atoms with Crippen LogP contribution in [0.5, 0.6) is 5.75 Å². The Morgan fingerprint density at radius 3 is 2.92 bits per heavy atom. The number of aromatic nitrogens is 2. The van der Waals surface area contributed by atoms with E-state index in [-0.39, 0.29) is 17.8 Å². The van der Waals surface area contributed by atoms with Crippen molar-refractivity contribution in [2.24, 2.45) is 0 Å². The number of hydrogen-bond donors (Lipinski definition) is 1. The van der Waals surface area contributed by atoms with Crippen molar-refractivity contribution in [3.05, 3.63) is 60.4 Å². The van der Waals surface area contributed by atoms with Crippen LogP contribution in [0.1, 0.15) is 29.6 Å². The maximum atomic E-state index is 14.1. The Kier molecular flexibility index (Phi) is 3.65. The first-order chi connectivity index (χ1) is 11.7. The van der Waals surface area contributed by atoms with Crippen LogP contribution < -0.4 is 10.1 Å². The summed E-state index contributed by atoms with van der Waals surface area (Å²) in [5.74, 6) is -0.532. The molecule has 1 N–H and O–H groups in total. The molecule has 1 aromatic carbocycles. The SMILES string of the molecule is O=C(Nc1ccc(OC2CCC2)c(F)c1)c1ccn2cncc2c1. The monoisotopic (exact) mass is 325 g/mol. The molecule has 0 unspecified atom stereocenters. The molecule has 4 rings (SSSR count). The van der Waals surface area contributed by atoms with E-state index in [1.54, 1.807) is 43.0 Å². The molecule has 0 bridgehead atoms. The Balaban J connectivity index is 1.49. The predicted octanol–water partition coefficient (Wildman–Crippen LogP) is 3.66. The fourth-order valence-corrected chi connectivity index (χ4v) is 2.61. The Morgan fingerprint density at radius 2 is 2.17 bits per heavy atom. The molecule has 6 heteroatoms. The molecule has 2 aromatic heterocycles. The molecule has 2 heterocycles. The second-order valence-electron chi connectivity index (χ2n) is 5.91. The number of hydrogen-bond acceptors (Lipinski definition) is 3. The van der Waals surface area contributed by atoms with Crippen LogP contribution in [0.25, 0.3) is 5.52 Å². The molecule has 24 heavy (non-hydrogen) atoms. The molecule has 1 aliphatic rings. The van der Waals surface area contributed by atoms with Gasteiger partial charge >= 0.3 is 0 Å². The molecule has 3 aromatic rings. The number of carbonyl (C=O) groups is 1. The highest BCUT2D eigenvalue weighted by atomic mass is 19.1. The summed E-state index contributed by atoms with van der Waals surface area (Å²) in [6, 6.07) is 7.90. The minimum absolute atomic E-state index is 0.113. The second kappa shape index (κ2) is 5.96. The molecule has 1 aliphatic carbocycles. The molecule has 0 atom stereocenters. The highest BCUT2D eigenvalue weighted by Gasteiger charge is 2.20. The van der Waals surface area contributed by atoms with E-state index in [0.29, 0.717) is 11.3 Å². The number of ether oxygens (including phenoxy) is 1. The summed E-state index contributed by atoms with van der Waals surface area (Å²) in [5.41, 5.74) is 1.70. The van der Waals surface area contributed by atoms with Crippen molar-refractivity contribution in [2.75, 3.05) is 5.32 Å². The van der Waals surface area contributed by atoms with Gasteiger partial charge in [-0.3, -0.25) is 4.79 Å². The van der Waals surface area contributed by atoms with Crippen LogP contribution in [0.4, 0.5) is 10.1 Å². The van der Waals surface area contributed by atoms with Crippen molar-refractivity contribution in [1.82, 2.24) is 9.38 Å². The predicted molar refractivity (Wildman–Crippen MR) is 87.8 cm³/mol. The minimum Gasteiger partial charge on any atom is -0.487 e. The van der Waals surface area contributed by atoms with Gasteiger partial charge in [0.1, 0.15) is 0 Å². The van der Waals surface area contributed by atoms with Gasteiger partial charge < -0.3 is 14.5 Å². The Hall–Kier alpha value is -2.89. The highest BCUT2D eigenvalue weighted by molar-refractivity contribution is 6.04. The lowest BCUT2D eigenvalue weighted by molar-refractivity contribution is 0.102. The Morgan fingerprint density at radius 1 is 1.29 bits per heavy atom. The number of amides is 1. The van der Waals surface area contributed by atoms with Crippen molar-refractivity contribution in [2.45, 2.75) is 25.4 Å². The first kappa shape index (κ1) is 14.7. The number of pyridine rings is 1. The maximum Gasteiger partial charge on any atom is 0.255 e. The number of carbonyl (C=O) groups excluding carboxylic acids is 1. The molecule has 1 fully saturated rings. The summed E-state index contributed by atoms with van der Waals surface area (Å²) < 4.78 is 21.5. The quantitative estimate of drug-likeness (QED) is 0.796. The van der Waals surface area contributed by atoms with Crippen molar-refractivity contribution in [1.29, 1.82) is 0 Å². The molecule has 0 saturated heterocycles. The average molecular weight is 325 g/mol. The molecular weight excluding hydrogens is 309 g/mol. The van der Waals surface area contributed by atoms with Crippen LogP contribution in [0.15, 0.2) is 49.1 Å². The summed E-state index contributed by atoms with van der Waals surface area (Å²) in [7, 11) is 0. The van der Waals surface area contributed by atoms with E-state index in [9.17, 15) is 9.18 Å². The van der Waals surface area contributed by atoms with Gasteiger partial charge in [0.15, 0.2) is 11.6 Å². The van der Waals surface area contributed by atoms with E-state index in [2.05, 4.69) is 10.3 Å². The summed E-state index contributed by atoms with van der Waals surface area (Å²) >= 11 is 0. The molecule has 1 saturated carbocycles. The van der Waals surface area contributed by atoms with Crippen LogP contribution in [-0.2, 0) is 0 Å². The van der Waals surface area contributed by atoms with Gasteiger partial charge in [0.2, 0.25) is 0 Å². The lowest BCUT2D eigenvalue weighted by atomic mass is 9.96. The third-order valence-corrected chi connectivity index (χ3v) is 4.21. The van der Waals surface area contributed by atoms with E-state index in [4.69, 9.17) is 4.74 Å². The minimum atomic E-state index is -0.467. The highest BCUT2D eigenvalue weighted by Crippen LogP contribution is 2.28. The molecule has 122 valence electrons. The van der Waals surface area contributed by atoms with Crippen molar-refractivity contribution in [3.63, 3.8) is 0 Å². The Bertz CT molecular complexity index is 902. The van der Waals surface area contributed by atoms with Gasteiger partial charge in [-0.25, -0.2) is 9.37 Å². The molecule has 0 aliphatic heterocycles. The Labute approximate surface area is 138 Å². The van der Waals surface area contributed by atoms with Gasteiger partial charge in [-0.05, 0) is 43.5 Å². The third kappa shape index (κ3) is 2.82. The standard InChI is InChI=1S/C18H16FN3O2/c19-16-9-13(4-5-17(16)24-15-2-1-3-15)21-18(23)12-6-7-22-11-20-10-14(22)8-12/h4-11,15H,1-3H2,(H,21,23). The van der Waals surface area contributed by atoms with Gasteiger partial charge in [-0.1, -0.05) is 0 Å². The first-order valence-electron chi connectivity index (χ1n) is 7.88. The number of benzene rings is 1. The normalized spacial score (nSPS) is 14.4. The molecule has 0 radical (unpaired) electrons. The van der Waals surface area contributed by atoms with Crippen molar-refractivity contribution >= 4 is 17.1 Å². The summed E-state index contributed by atoms with van der Waals surface area (Å²) in [4.78, 5) is 16.3.